The highest BCUT2D eigenvalue weighted by Gasteiger charge is 2.11. The van der Waals surface area contributed by atoms with Gasteiger partial charge < -0.3 is 10.4 Å². The van der Waals surface area contributed by atoms with Crippen molar-refractivity contribution in [2.75, 3.05) is 5.32 Å². The molecule has 2 heteroatoms. The van der Waals surface area contributed by atoms with Crippen molar-refractivity contribution in [2.24, 2.45) is 0 Å². The van der Waals surface area contributed by atoms with E-state index < -0.39 is 6.10 Å². The maximum absolute atomic E-state index is 9.53. The number of aryl methyl sites for hydroxylation is 1. The lowest BCUT2D eigenvalue weighted by Gasteiger charge is -2.17. The SMILES string of the molecule is Cc1ccc2c(c1)NC=CC2O. The summed E-state index contributed by atoms with van der Waals surface area (Å²) in [6.07, 6.45) is 3.05. The topological polar surface area (TPSA) is 32.3 Å². The van der Waals surface area contributed by atoms with Gasteiger partial charge in [-0.1, -0.05) is 12.1 Å². The average molecular weight is 161 g/mol. The predicted molar refractivity (Wildman–Crippen MR) is 48.9 cm³/mol. The van der Waals surface area contributed by atoms with Crippen molar-refractivity contribution in [3.8, 4) is 0 Å². The Balaban J connectivity index is 2.51. The minimum Gasteiger partial charge on any atom is -0.384 e. The summed E-state index contributed by atoms with van der Waals surface area (Å²) in [6.45, 7) is 2.03. The van der Waals surface area contributed by atoms with E-state index in [-0.39, 0.29) is 0 Å². The Morgan fingerprint density at radius 1 is 1.42 bits per heavy atom. The van der Waals surface area contributed by atoms with Crippen LogP contribution in [0.25, 0.3) is 0 Å². The first-order valence-corrected chi connectivity index (χ1v) is 3.99. The number of fused-ring (bicyclic) bond motifs is 1. The predicted octanol–water partition coefficient (Wildman–Crippen LogP) is 1.97. The molecular weight excluding hydrogens is 150 g/mol. The fourth-order valence-corrected chi connectivity index (χ4v) is 1.39. The van der Waals surface area contributed by atoms with Crippen LogP contribution in [-0.2, 0) is 0 Å². The molecule has 2 rings (SSSR count). The molecule has 1 atom stereocenters. The molecule has 2 N–H and O–H groups in total. The van der Waals surface area contributed by atoms with Crippen LogP contribution in [0.3, 0.4) is 0 Å². The van der Waals surface area contributed by atoms with Gasteiger partial charge >= 0.3 is 0 Å². The number of anilines is 1. The summed E-state index contributed by atoms with van der Waals surface area (Å²) >= 11 is 0. The van der Waals surface area contributed by atoms with Crippen molar-refractivity contribution in [3.63, 3.8) is 0 Å². The molecule has 1 aromatic carbocycles. The van der Waals surface area contributed by atoms with Gasteiger partial charge in [0.15, 0.2) is 0 Å². The lowest BCUT2D eigenvalue weighted by atomic mass is 10.0. The molecule has 2 nitrogen and oxygen atoms in total. The summed E-state index contributed by atoms with van der Waals surface area (Å²) in [5, 5.41) is 12.6. The highest BCUT2D eigenvalue weighted by atomic mass is 16.3. The minimum atomic E-state index is -0.457. The number of aliphatic hydroxyl groups is 1. The molecule has 1 aliphatic rings. The second kappa shape index (κ2) is 2.64. The molecule has 0 amide bonds. The van der Waals surface area contributed by atoms with Crippen LogP contribution in [0.2, 0.25) is 0 Å². The monoisotopic (exact) mass is 161 g/mol. The van der Waals surface area contributed by atoms with E-state index in [2.05, 4.69) is 5.32 Å². The highest BCUT2D eigenvalue weighted by molar-refractivity contribution is 5.58. The van der Waals surface area contributed by atoms with Gasteiger partial charge in [0.25, 0.3) is 0 Å². The molecule has 0 spiro atoms. The molecule has 0 aliphatic carbocycles. The zero-order valence-corrected chi connectivity index (χ0v) is 6.91. The van der Waals surface area contributed by atoms with Crippen LogP contribution in [0.5, 0.6) is 0 Å². The first kappa shape index (κ1) is 7.37. The van der Waals surface area contributed by atoms with Crippen LogP contribution in [-0.4, -0.2) is 5.11 Å². The number of hydrogen-bond acceptors (Lipinski definition) is 2. The van der Waals surface area contributed by atoms with Crippen LogP contribution in [0, 0.1) is 6.92 Å². The molecule has 0 saturated heterocycles. The third-order valence-corrected chi connectivity index (χ3v) is 2.04. The molecule has 62 valence electrons. The Kier molecular flexibility index (Phi) is 1.62. The molecule has 1 heterocycles. The second-order valence-electron chi connectivity index (χ2n) is 3.04. The maximum Gasteiger partial charge on any atom is 0.101 e. The van der Waals surface area contributed by atoms with Crippen molar-refractivity contribution in [1.29, 1.82) is 0 Å². The number of aliphatic hydroxyl groups excluding tert-OH is 1. The average Bonchev–Trinajstić information content (AvgIpc) is 2.04. The molecule has 0 saturated carbocycles. The van der Waals surface area contributed by atoms with Crippen LogP contribution in [0.4, 0.5) is 5.69 Å². The number of hydrogen-bond donors (Lipinski definition) is 2. The summed E-state index contributed by atoms with van der Waals surface area (Å²) < 4.78 is 0. The lowest BCUT2D eigenvalue weighted by molar-refractivity contribution is 0.228. The summed E-state index contributed by atoms with van der Waals surface area (Å²) in [7, 11) is 0. The van der Waals surface area contributed by atoms with Crippen molar-refractivity contribution in [3.05, 3.63) is 41.6 Å². The van der Waals surface area contributed by atoms with Crippen molar-refractivity contribution < 1.29 is 5.11 Å². The quantitative estimate of drug-likeness (QED) is 0.609. The van der Waals surface area contributed by atoms with Gasteiger partial charge in [0.2, 0.25) is 0 Å². The van der Waals surface area contributed by atoms with Gasteiger partial charge in [-0.2, -0.15) is 0 Å². The standard InChI is InChI=1S/C10H11NO/c1-7-2-3-8-9(6-7)11-5-4-10(8)12/h2-6,10-12H,1H3. The molecule has 0 bridgehead atoms. The van der Waals surface area contributed by atoms with E-state index in [4.69, 9.17) is 0 Å². The Labute approximate surface area is 71.5 Å². The molecule has 0 radical (unpaired) electrons. The molecule has 1 unspecified atom stereocenters. The zero-order valence-electron chi connectivity index (χ0n) is 6.91. The van der Waals surface area contributed by atoms with Crippen LogP contribution in [0.15, 0.2) is 30.5 Å². The van der Waals surface area contributed by atoms with Crippen molar-refractivity contribution >= 4 is 5.69 Å². The van der Waals surface area contributed by atoms with Gasteiger partial charge in [0.05, 0.1) is 0 Å². The fraction of sp³-hybridized carbons (Fsp3) is 0.200. The van der Waals surface area contributed by atoms with E-state index >= 15 is 0 Å². The third kappa shape index (κ3) is 1.10. The van der Waals surface area contributed by atoms with E-state index in [0.29, 0.717) is 0 Å². The number of rotatable bonds is 0. The van der Waals surface area contributed by atoms with Gasteiger partial charge in [0.1, 0.15) is 6.10 Å². The maximum atomic E-state index is 9.53. The summed E-state index contributed by atoms with van der Waals surface area (Å²) in [5.74, 6) is 0. The largest absolute Gasteiger partial charge is 0.384 e. The fourth-order valence-electron chi connectivity index (χ4n) is 1.39. The Morgan fingerprint density at radius 3 is 3.08 bits per heavy atom. The second-order valence-corrected chi connectivity index (χ2v) is 3.04. The molecule has 12 heavy (non-hydrogen) atoms. The van der Waals surface area contributed by atoms with Crippen molar-refractivity contribution in [1.82, 2.24) is 0 Å². The number of benzene rings is 1. The molecule has 0 aromatic heterocycles. The summed E-state index contributed by atoms with van der Waals surface area (Å²) in [5.41, 5.74) is 3.15. The molecular formula is C10H11NO. The molecule has 1 aromatic rings. The van der Waals surface area contributed by atoms with Gasteiger partial charge in [-0.25, -0.2) is 0 Å². The lowest BCUT2D eigenvalue weighted by Crippen LogP contribution is -2.05. The highest BCUT2D eigenvalue weighted by Crippen LogP contribution is 2.28. The zero-order chi connectivity index (χ0) is 8.55. The van der Waals surface area contributed by atoms with Gasteiger partial charge in [-0.15, -0.1) is 0 Å². The van der Waals surface area contributed by atoms with E-state index in [1.807, 2.05) is 25.1 Å². The van der Waals surface area contributed by atoms with Gasteiger partial charge in [-0.3, -0.25) is 0 Å². The summed E-state index contributed by atoms with van der Waals surface area (Å²) in [6, 6.07) is 5.98. The van der Waals surface area contributed by atoms with E-state index in [9.17, 15) is 5.11 Å². The Bertz CT molecular complexity index is 331. The van der Waals surface area contributed by atoms with Gasteiger partial charge in [0, 0.05) is 11.3 Å². The normalized spacial score (nSPS) is 20.0. The first-order chi connectivity index (χ1) is 5.77. The van der Waals surface area contributed by atoms with Crippen LogP contribution < -0.4 is 5.32 Å². The van der Waals surface area contributed by atoms with Gasteiger partial charge in [-0.05, 0) is 30.8 Å². The van der Waals surface area contributed by atoms with Crippen LogP contribution in [0.1, 0.15) is 17.2 Å². The Hall–Kier alpha value is -1.28. The number of nitrogens with one attached hydrogen (secondary N) is 1. The smallest absolute Gasteiger partial charge is 0.101 e. The van der Waals surface area contributed by atoms with E-state index in [1.54, 1.807) is 12.3 Å². The van der Waals surface area contributed by atoms with Crippen molar-refractivity contribution in [2.45, 2.75) is 13.0 Å². The first-order valence-electron chi connectivity index (χ1n) is 3.99. The molecule has 0 fully saturated rings. The minimum absolute atomic E-state index is 0.457. The Morgan fingerprint density at radius 2 is 2.25 bits per heavy atom. The van der Waals surface area contributed by atoms with E-state index in [1.165, 1.54) is 5.56 Å². The third-order valence-electron chi connectivity index (χ3n) is 2.04. The summed E-state index contributed by atoms with van der Waals surface area (Å²) in [4.78, 5) is 0. The molecule has 1 aliphatic heterocycles. The van der Waals surface area contributed by atoms with Crippen LogP contribution >= 0.6 is 0 Å². The van der Waals surface area contributed by atoms with E-state index in [0.717, 1.165) is 11.3 Å².